The van der Waals surface area contributed by atoms with E-state index in [1.165, 1.54) is 35.4 Å². The number of carboxylic acids is 1. The Kier molecular flexibility index (Phi) is 35.2. The van der Waals surface area contributed by atoms with Gasteiger partial charge < -0.3 is 58.3 Å². The van der Waals surface area contributed by atoms with E-state index in [0.29, 0.717) is 50.6 Å². The van der Waals surface area contributed by atoms with Gasteiger partial charge in [-0.2, -0.15) is 0 Å². The molecule has 1 aliphatic rings. The van der Waals surface area contributed by atoms with E-state index in [0.717, 1.165) is 114 Å². The lowest BCUT2D eigenvalue weighted by Gasteiger charge is -2.26. The van der Waals surface area contributed by atoms with Crippen LogP contribution in [0.4, 0.5) is 0 Å². The molecule has 0 aliphatic carbocycles. The summed E-state index contributed by atoms with van der Waals surface area (Å²) in [5.41, 5.74) is 13.3. The van der Waals surface area contributed by atoms with Crippen LogP contribution < -0.4 is 18.9 Å². The Morgan fingerprint density at radius 2 is 0.724 bits per heavy atom. The highest BCUT2D eigenvalue weighted by Crippen LogP contribution is 2.42. The zero-order valence-corrected chi connectivity index (χ0v) is 72.1. The Morgan fingerprint density at radius 3 is 1.03 bits per heavy atom. The van der Waals surface area contributed by atoms with E-state index in [1.54, 1.807) is 52.0 Å². The molecule has 16 heteroatoms. The minimum Gasteiger partial charge on any atom is -0.488 e. The number of carbonyl (C=O) groups is 4. The van der Waals surface area contributed by atoms with E-state index in [9.17, 15) is 34.5 Å². The van der Waals surface area contributed by atoms with Gasteiger partial charge in [0.15, 0.2) is 0 Å². The first-order chi connectivity index (χ1) is 54.3. The molecule has 0 aromatic heterocycles. The Hall–Kier alpha value is -10.6. The smallest absolute Gasteiger partial charge is 0.331 e. The second kappa shape index (κ2) is 43.4. The summed E-state index contributed by atoms with van der Waals surface area (Å²) in [6.45, 7) is 41.5. The summed E-state index contributed by atoms with van der Waals surface area (Å²) < 4.78 is 46.9. The highest BCUT2D eigenvalue weighted by Gasteiger charge is 2.48. The van der Waals surface area contributed by atoms with Gasteiger partial charge in [-0.05, 0) is 239 Å². The molecule has 1 saturated heterocycles. The molecule has 16 nitrogen and oxygen atoms in total. The van der Waals surface area contributed by atoms with Crippen molar-refractivity contribution >= 4 is 48.2 Å². The molecule has 0 amide bonds. The third-order valence-corrected chi connectivity index (χ3v) is 18.3. The van der Waals surface area contributed by atoms with Crippen molar-refractivity contribution in [3.63, 3.8) is 0 Å². The van der Waals surface area contributed by atoms with Gasteiger partial charge in [0.05, 0.1) is 29.0 Å². The minimum absolute atomic E-state index is 0.106. The molecule has 0 bridgehead atoms. The Balaban J connectivity index is 0.000000241. The summed E-state index contributed by atoms with van der Waals surface area (Å²) in [5, 5.41) is 39.6. The molecule has 4 N–H and O–H groups in total. The minimum atomic E-state index is -1.27. The van der Waals surface area contributed by atoms with Gasteiger partial charge in [-0.25, -0.2) is 19.2 Å². The quantitative estimate of drug-likeness (QED) is 0.0108. The lowest BCUT2D eigenvalue weighted by atomic mass is 9.91. The maximum Gasteiger partial charge on any atom is 0.331 e. The van der Waals surface area contributed by atoms with E-state index in [4.69, 9.17) is 43.0 Å². The summed E-state index contributed by atoms with van der Waals surface area (Å²) in [5.74, 6) is 0.680. The molecular weight excluding hydrogens is 1460 g/mol. The van der Waals surface area contributed by atoms with Crippen LogP contribution in [0.1, 0.15) is 213 Å². The molecule has 9 rings (SSSR count). The first-order valence-electron chi connectivity index (χ1n) is 39.6. The van der Waals surface area contributed by atoms with Gasteiger partial charge in [-0.3, -0.25) is 0 Å². The second-order valence-corrected chi connectivity index (χ2v) is 34.1. The fourth-order valence-electron chi connectivity index (χ4n) is 11.8. The number of aliphatic hydroxyl groups is 3. The van der Waals surface area contributed by atoms with Crippen molar-refractivity contribution in [2.24, 2.45) is 0 Å². The summed E-state index contributed by atoms with van der Waals surface area (Å²) in [6.07, 6.45) is 16.6. The fraction of sp³-hybridized carbons (Fsp3) is 0.380. The number of rotatable bonds is 30. The first-order valence-corrected chi connectivity index (χ1v) is 39.6. The third-order valence-electron chi connectivity index (χ3n) is 18.3. The first kappa shape index (κ1) is 94.2. The molecule has 620 valence electrons. The highest BCUT2D eigenvalue weighted by molar-refractivity contribution is 5.90. The number of carboxylic acid groups (broad SMARTS) is 1. The van der Waals surface area contributed by atoms with Crippen LogP contribution in [0.3, 0.4) is 0 Å². The molecule has 1 heterocycles. The monoisotopic (exact) mass is 1580 g/mol. The van der Waals surface area contributed by atoms with Gasteiger partial charge in [-0.15, -0.1) is 0 Å². The number of aliphatic carboxylic acids is 1. The summed E-state index contributed by atoms with van der Waals surface area (Å²) in [4.78, 5) is 47.4. The number of allylic oxidation sites excluding steroid dienone is 2. The van der Waals surface area contributed by atoms with Crippen molar-refractivity contribution in [2.75, 3.05) is 0 Å². The van der Waals surface area contributed by atoms with E-state index in [-0.39, 0.29) is 30.1 Å². The van der Waals surface area contributed by atoms with Crippen LogP contribution in [0.25, 0.3) is 24.3 Å². The fourth-order valence-corrected chi connectivity index (χ4v) is 11.8. The normalized spacial score (nSPS) is 13.6. The van der Waals surface area contributed by atoms with Crippen molar-refractivity contribution in [1.82, 2.24) is 0 Å². The number of esters is 3. The number of epoxide rings is 1. The predicted octanol–water partition coefficient (Wildman–Crippen LogP) is 21.1. The molecule has 2 atom stereocenters. The molecule has 8 aromatic rings. The van der Waals surface area contributed by atoms with E-state index >= 15 is 0 Å². The average molecular weight is 1580 g/mol. The Labute approximate surface area is 689 Å². The van der Waals surface area contributed by atoms with Gasteiger partial charge in [0, 0.05) is 76.1 Å². The van der Waals surface area contributed by atoms with Crippen LogP contribution in [0, 0.1) is 27.7 Å². The number of hydrogen-bond donors (Lipinski definition) is 4. The van der Waals surface area contributed by atoms with Crippen LogP contribution >= 0.6 is 0 Å². The van der Waals surface area contributed by atoms with E-state index < -0.39 is 46.0 Å². The van der Waals surface area contributed by atoms with Gasteiger partial charge in [0.1, 0.15) is 66.2 Å². The summed E-state index contributed by atoms with van der Waals surface area (Å²) >= 11 is 0. The maximum absolute atomic E-state index is 12.2. The van der Waals surface area contributed by atoms with Gasteiger partial charge in [0.2, 0.25) is 0 Å². The highest BCUT2D eigenvalue weighted by atomic mass is 16.6. The lowest BCUT2D eigenvalue weighted by Crippen LogP contribution is -2.37. The summed E-state index contributed by atoms with van der Waals surface area (Å²) in [6, 6.07) is 55.5. The number of ether oxygens (including phenoxy) is 8. The number of carbonyl (C=O) groups excluding carboxylic acids is 3. The number of benzene rings is 8. The molecule has 2 unspecified atom stereocenters. The van der Waals surface area contributed by atoms with Crippen LogP contribution in [-0.4, -0.2) is 90.1 Å². The largest absolute Gasteiger partial charge is 0.488 e. The molecule has 0 radical (unpaired) electrons. The molecule has 1 aliphatic heterocycles. The van der Waals surface area contributed by atoms with Crippen molar-refractivity contribution in [3.05, 3.63) is 295 Å². The maximum atomic E-state index is 12.2. The zero-order chi connectivity index (χ0) is 85.8. The van der Waals surface area contributed by atoms with Gasteiger partial charge >= 0.3 is 23.9 Å². The van der Waals surface area contributed by atoms with Crippen molar-refractivity contribution in [3.8, 4) is 23.0 Å². The molecule has 8 aromatic carbocycles. The number of aliphatic hydroxyl groups excluding tert-OH is 1. The summed E-state index contributed by atoms with van der Waals surface area (Å²) in [7, 11) is 0. The topological polar surface area (TPSA) is 226 Å². The zero-order valence-electron chi connectivity index (χ0n) is 72.1. The van der Waals surface area contributed by atoms with Gasteiger partial charge in [0.25, 0.3) is 0 Å². The van der Waals surface area contributed by atoms with Crippen LogP contribution in [0.5, 0.6) is 23.0 Å². The van der Waals surface area contributed by atoms with Crippen molar-refractivity contribution < 1.29 is 77.5 Å². The van der Waals surface area contributed by atoms with E-state index in [2.05, 4.69) is 59.8 Å². The van der Waals surface area contributed by atoms with Crippen molar-refractivity contribution in [2.45, 2.75) is 250 Å². The average Bonchev–Trinajstić information content (AvgIpc) is 1.62. The SMILES string of the molecule is CC(C)=CCc1c(C)ccc(/C=C\C(=O)OC(C)(C)C)c1OCc1ccccc1.Cc1ccc(/C=C\C(=O)O)c(OCc2ccccc2)c1CC(O)C(C)(C)O.Cc1ccc(/C=C\C(=O)OC(C)(C)C)c(OCc2ccccc2)c1CC1OC1(C)C.Cc1ccc(/C=C\C(=O)OC(C)(C)C)c(OCc2ccccc2)c1CCC(C)(C)O. The number of aryl methyl sites for hydroxylation is 4. The molecule has 1 fully saturated rings. The van der Waals surface area contributed by atoms with Crippen LogP contribution in [-0.2, 0) is 90.2 Å². The Morgan fingerprint density at radius 1 is 0.431 bits per heavy atom. The van der Waals surface area contributed by atoms with Crippen molar-refractivity contribution in [1.29, 1.82) is 0 Å². The lowest BCUT2D eigenvalue weighted by molar-refractivity contribution is -0.149. The second-order valence-electron chi connectivity index (χ2n) is 34.1. The Bertz CT molecular complexity index is 4660. The van der Waals surface area contributed by atoms with Crippen LogP contribution in [0.15, 0.2) is 206 Å². The molecule has 0 spiro atoms. The predicted molar refractivity (Wildman–Crippen MR) is 466 cm³/mol. The molecule has 0 saturated carbocycles. The molecule has 116 heavy (non-hydrogen) atoms. The number of hydrogen-bond acceptors (Lipinski definition) is 15. The van der Waals surface area contributed by atoms with E-state index in [1.807, 2.05) is 228 Å². The third kappa shape index (κ3) is 34.1. The van der Waals surface area contributed by atoms with Crippen LogP contribution in [0.2, 0.25) is 0 Å². The standard InChI is InChI=1S/C26H32O4.C26H34O4.C26H32O3.C22H26O5/c1-18-12-13-20(14-15-23(27)30-25(2,3)4)24(21(18)16-22-26(5,6)29-22)28-17-19-10-8-7-9-11-19;1-19-12-13-21(14-15-23(27)30-25(2,3)4)24(22(19)16-17-26(5,6)28)29-18-20-10-8-7-9-11-20;1-19(2)12-16-23-20(3)13-14-22(15-17-24(27)29-26(4,5)6)25(23)28-18-21-10-8-7-9-11-21;1-15-9-10-17(11-12-20(24)25)21(18(15)13-19(23)22(2,3)26)27-14-16-7-5-4-6-8-16/h7-15,22H,16-17H2,1-6H3;7-15,28H,16-18H2,1-6H3;7-15,17H,16,18H2,1-6H3;4-12,19,23,26H,13-14H2,1-3H3,(H,24,25)/b2*15-14-;17-15-;12-11-. The van der Waals surface area contributed by atoms with Gasteiger partial charge in [-0.1, -0.05) is 182 Å². The molecular formula is C100H124O16.